The highest BCUT2D eigenvalue weighted by Gasteiger charge is 2.48. The lowest BCUT2D eigenvalue weighted by atomic mass is 9.95. The fraction of sp³-hybridized carbons (Fsp3) is 0.185. The minimum absolute atomic E-state index is 0.0724. The topological polar surface area (TPSA) is 118 Å². The van der Waals surface area contributed by atoms with Crippen LogP contribution in [0.5, 0.6) is 11.5 Å². The largest absolute Gasteiger partial charge is 0.507 e. The predicted octanol–water partition coefficient (Wildman–Crippen LogP) is 4.38. The normalized spacial score (nSPS) is 17.1. The van der Waals surface area contributed by atoms with Crippen molar-refractivity contribution in [2.24, 2.45) is 0 Å². The van der Waals surface area contributed by atoms with E-state index in [2.05, 4.69) is 15.0 Å². The summed E-state index contributed by atoms with van der Waals surface area (Å²) in [6.07, 6.45) is 3.13. The number of H-pyrrole nitrogens is 1. The number of hydrogen-bond donors (Lipinski definition) is 2. The Hall–Kier alpha value is -4.66. The minimum atomic E-state index is -0.936. The zero-order valence-corrected chi connectivity index (χ0v) is 19.8. The van der Waals surface area contributed by atoms with E-state index in [-0.39, 0.29) is 22.8 Å². The SMILES string of the molecule is CCOc1ccc(/C(O)=C2\C(=O)C(=O)N(c3nc4ccccc4[nH]3)C2c2ccncc2)c(OCC)c1. The Morgan fingerprint density at radius 2 is 1.78 bits per heavy atom. The van der Waals surface area contributed by atoms with Gasteiger partial charge in [-0.05, 0) is 55.8 Å². The van der Waals surface area contributed by atoms with Crippen LogP contribution in [-0.2, 0) is 9.59 Å². The molecule has 0 spiro atoms. The maximum absolute atomic E-state index is 13.4. The molecule has 9 nitrogen and oxygen atoms in total. The maximum Gasteiger partial charge on any atom is 0.302 e. The molecule has 1 amide bonds. The van der Waals surface area contributed by atoms with Crippen LogP contribution >= 0.6 is 0 Å². The number of nitrogens with zero attached hydrogens (tertiary/aromatic N) is 3. The first kappa shape index (κ1) is 23.1. The molecule has 36 heavy (non-hydrogen) atoms. The van der Waals surface area contributed by atoms with E-state index in [0.29, 0.717) is 41.3 Å². The molecule has 0 radical (unpaired) electrons. The van der Waals surface area contributed by atoms with Crippen LogP contribution in [0.3, 0.4) is 0 Å². The summed E-state index contributed by atoms with van der Waals surface area (Å²) in [6.45, 7) is 4.47. The third-order valence-electron chi connectivity index (χ3n) is 5.89. The number of aromatic amines is 1. The van der Waals surface area contributed by atoms with Crippen LogP contribution < -0.4 is 14.4 Å². The first-order chi connectivity index (χ1) is 17.5. The van der Waals surface area contributed by atoms with Crippen LogP contribution in [0.25, 0.3) is 16.8 Å². The molecule has 1 saturated heterocycles. The highest BCUT2D eigenvalue weighted by molar-refractivity contribution is 6.51. The summed E-state index contributed by atoms with van der Waals surface area (Å²) in [5.41, 5.74) is 2.16. The van der Waals surface area contributed by atoms with Crippen LogP contribution in [0.2, 0.25) is 0 Å². The van der Waals surface area contributed by atoms with Crippen molar-refractivity contribution in [2.45, 2.75) is 19.9 Å². The first-order valence-electron chi connectivity index (χ1n) is 11.6. The number of imidazole rings is 1. The zero-order valence-electron chi connectivity index (χ0n) is 19.8. The average molecular weight is 485 g/mol. The Balaban J connectivity index is 1.71. The lowest BCUT2D eigenvalue weighted by molar-refractivity contribution is -0.132. The van der Waals surface area contributed by atoms with Gasteiger partial charge in [0.25, 0.3) is 5.78 Å². The number of hydrogen-bond acceptors (Lipinski definition) is 7. The van der Waals surface area contributed by atoms with Gasteiger partial charge in [-0.1, -0.05) is 12.1 Å². The number of nitrogens with one attached hydrogen (secondary N) is 1. The Bertz CT molecular complexity index is 1450. The number of fused-ring (bicyclic) bond motifs is 1. The quantitative estimate of drug-likeness (QED) is 0.227. The van der Waals surface area contributed by atoms with E-state index < -0.39 is 17.7 Å². The molecule has 2 N–H and O–H groups in total. The van der Waals surface area contributed by atoms with Crippen LogP contribution in [-0.4, -0.2) is 45.0 Å². The van der Waals surface area contributed by atoms with Gasteiger partial charge >= 0.3 is 5.91 Å². The molecule has 1 atom stereocenters. The van der Waals surface area contributed by atoms with Gasteiger partial charge in [-0.3, -0.25) is 19.5 Å². The van der Waals surface area contributed by atoms with Gasteiger partial charge in [0, 0.05) is 18.5 Å². The molecule has 0 aliphatic carbocycles. The third kappa shape index (κ3) is 3.94. The van der Waals surface area contributed by atoms with Crippen LogP contribution in [0.15, 0.2) is 72.6 Å². The maximum atomic E-state index is 13.4. The Morgan fingerprint density at radius 3 is 2.50 bits per heavy atom. The molecule has 2 aromatic carbocycles. The van der Waals surface area contributed by atoms with Crippen molar-refractivity contribution in [1.29, 1.82) is 0 Å². The molecular formula is C27H24N4O5. The number of aromatic nitrogens is 3. The van der Waals surface area contributed by atoms with Crippen molar-refractivity contribution >= 4 is 34.4 Å². The van der Waals surface area contributed by atoms with Gasteiger partial charge < -0.3 is 19.6 Å². The number of para-hydroxylation sites is 2. The number of ketones is 1. The lowest BCUT2D eigenvalue weighted by Crippen LogP contribution is -2.30. The number of anilines is 1. The van der Waals surface area contributed by atoms with E-state index in [1.54, 1.807) is 42.7 Å². The van der Waals surface area contributed by atoms with E-state index in [4.69, 9.17) is 9.47 Å². The standard InChI is InChI=1S/C27H24N4O5/c1-3-35-17-9-10-18(21(15-17)36-4-2)24(32)22-23(16-11-13-28-14-12-16)31(26(34)25(22)33)27-29-19-7-5-6-8-20(19)30-27/h5-15,23,32H,3-4H2,1-2H3,(H,29,30)/b24-22+. The fourth-order valence-electron chi connectivity index (χ4n) is 4.34. The first-order valence-corrected chi connectivity index (χ1v) is 11.6. The Labute approximate surface area is 207 Å². The van der Waals surface area contributed by atoms with Crippen molar-refractivity contribution in [3.05, 3.63) is 83.7 Å². The van der Waals surface area contributed by atoms with Crippen molar-refractivity contribution in [3.8, 4) is 11.5 Å². The van der Waals surface area contributed by atoms with Gasteiger partial charge in [0.05, 0.1) is 41.4 Å². The van der Waals surface area contributed by atoms with E-state index in [9.17, 15) is 14.7 Å². The number of amides is 1. The second-order valence-corrected chi connectivity index (χ2v) is 8.05. The number of Topliss-reactive ketones (excluding diaryl/α,β-unsaturated/α-hetero) is 1. The van der Waals surface area contributed by atoms with Crippen molar-refractivity contribution < 1.29 is 24.2 Å². The highest BCUT2D eigenvalue weighted by Crippen LogP contribution is 2.43. The van der Waals surface area contributed by atoms with Gasteiger partial charge in [0.1, 0.15) is 17.3 Å². The van der Waals surface area contributed by atoms with Gasteiger partial charge in [-0.2, -0.15) is 0 Å². The highest BCUT2D eigenvalue weighted by atomic mass is 16.5. The molecule has 3 heterocycles. The smallest absolute Gasteiger partial charge is 0.302 e. The molecule has 182 valence electrons. The number of ether oxygens (including phenoxy) is 2. The fourth-order valence-corrected chi connectivity index (χ4v) is 4.34. The Morgan fingerprint density at radius 1 is 1.03 bits per heavy atom. The second-order valence-electron chi connectivity index (χ2n) is 8.05. The molecule has 2 aromatic heterocycles. The van der Waals surface area contributed by atoms with Gasteiger partial charge in [0.2, 0.25) is 5.95 Å². The molecule has 5 rings (SSSR count). The third-order valence-corrected chi connectivity index (χ3v) is 5.89. The summed E-state index contributed by atoms with van der Waals surface area (Å²) in [4.78, 5) is 39.8. The molecule has 1 aliphatic rings. The van der Waals surface area contributed by atoms with Crippen LogP contribution in [0, 0.1) is 0 Å². The molecule has 0 saturated carbocycles. The molecule has 1 fully saturated rings. The summed E-state index contributed by atoms with van der Waals surface area (Å²) in [7, 11) is 0. The van der Waals surface area contributed by atoms with Crippen LogP contribution in [0.4, 0.5) is 5.95 Å². The Kier molecular flexibility index (Phi) is 6.12. The molecule has 9 heteroatoms. The van der Waals surface area contributed by atoms with Gasteiger partial charge in [0.15, 0.2) is 0 Å². The van der Waals surface area contributed by atoms with E-state index in [1.807, 2.05) is 38.1 Å². The van der Waals surface area contributed by atoms with E-state index >= 15 is 0 Å². The number of rotatable bonds is 7. The van der Waals surface area contributed by atoms with E-state index in [1.165, 1.54) is 4.90 Å². The number of aliphatic hydroxyl groups excluding tert-OH is 1. The summed E-state index contributed by atoms with van der Waals surface area (Å²) in [5.74, 6) is -0.876. The second kappa shape index (κ2) is 9.53. The number of aliphatic hydroxyl groups is 1. The van der Waals surface area contributed by atoms with E-state index in [0.717, 1.165) is 0 Å². The molecule has 1 aliphatic heterocycles. The monoisotopic (exact) mass is 484 g/mol. The minimum Gasteiger partial charge on any atom is -0.507 e. The summed E-state index contributed by atoms with van der Waals surface area (Å²) in [6, 6.07) is 14.7. The summed E-state index contributed by atoms with van der Waals surface area (Å²) in [5, 5.41) is 11.5. The number of benzene rings is 2. The number of pyridine rings is 1. The molecule has 1 unspecified atom stereocenters. The summed E-state index contributed by atoms with van der Waals surface area (Å²) < 4.78 is 11.3. The van der Waals surface area contributed by atoms with Crippen LogP contribution in [0.1, 0.15) is 31.0 Å². The van der Waals surface area contributed by atoms with Crippen molar-refractivity contribution in [3.63, 3.8) is 0 Å². The molecule has 0 bridgehead atoms. The molecule has 4 aromatic rings. The predicted molar refractivity (Wildman–Crippen MR) is 134 cm³/mol. The van der Waals surface area contributed by atoms with Gasteiger partial charge in [-0.25, -0.2) is 4.98 Å². The zero-order chi connectivity index (χ0) is 25.2. The van der Waals surface area contributed by atoms with Crippen molar-refractivity contribution in [1.82, 2.24) is 15.0 Å². The van der Waals surface area contributed by atoms with Crippen molar-refractivity contribution in [2.75, 3.05) is 18.1 Å². The summed E-state index contributed by atoms with van der Waals surface area (Å²) >= 11 is 0. The number of carbonyl (C=O) groups is 2. The number of carbonyl (C=O) groups excluding carboxylic acids is 2. The molecular weight excluding hydrogens is 460 g/mol. The lowest BCUT2D eigenvalue weighted by Gasteiger charge is -2.23. The van der Waals surface area contributed by atoms with Gasteiger partial charge in [-0.15, -0.1) is 0 Å². The average Bonchev–Trinajstić information content (AvgIpc) is 3.43.